The second kappa shape index (κ2) is 7.13. The third-order valence-corrected chi connectivity index (χ3v) is 8.74. The predicted octanol–water partition coefficient (Wildman–Crippen LogP) is 0.717. The van der Waals surface area contributed by atoms with Crippen molar-refractivity contribution in [2.45, 2.75) is 28.7 Å². The van der Waals surface area contributed by atoms with Gasteiger partial charge < -0.3 is 5.73 Å². The Labute approximate surface area is 155 Å². The maximum absolute atomic E-state index is 12.9. The molecule has 1 aliphatic heterocycles. The van der Waals surface area contributed by atoms with Crippen LogP contribution in [0.5, 0.6) is 0 Å². The molecule has 0 bridgehead atoms. The van der Waals surface area contributed by atoms with E-state index in [4.69, 9.17) is 5.73 Å². The topological polar surface area (TPSA) is 101 Å². The van der Waals surface area contributed by atoms with E-state index < -0.39 is 20.0 Å². The average Bonchev–Trinajstić information content (AvgIpc) is 3.10. The van der Waals surface area contributed by atoms with Crippen LogP contribution in [-0.4, -0.2) is 58.7 Å². The van der Waals surface area contributed by atoms with Crippen LogP contribution in [0.1, 0.15) is 12.8 Å². The molecule has 1 aromatic rings. The summed E-state index contributed by atoms with van der Waals surface area (Å²) < 4.78 is 52.8. The molecule has 1 aliphatic carbocycles. The second-order valence-electron chi connectivity index (χ2n) is 6.75. The van der Waals surface area contributed by atoms with Crippen molar-refractivity contribution in [3.05, 3.63) is 24.3 Å². The molecule has 1 saturated carbocycles. The minimum Gasteiger partial charge on any atom is -0.327 e. The molecule has 2 aliphatic rings. The lowest BCUT2D eigenvalue weighted by atomic mass is 9.98. The summed E-state index contributed by atoms with van der Waals surface area (Å²) in [5, 5.41) is 0. The van der Waals surface area contributed by atoms with Crippen molar-refractivity contribution in [1.82, 2.24) is 8.61 Å². The SMILES string of the molecule is CN(C)S(=O)(=O)c1cccc(S(=O)(=O)N2CC3CCC(N)C3C2)c1.Cl. The molecule has 1 saturated heterocycles. The van der Waals surface area contributed by atoms with E-state index in [1.165, 1.54) is 42.7 Å². The molecule has 0 amide bonds. The summed E-state index contributed by atoms with van der Waals surface area (Å²) in [7, 11) is -4.56. The van der Waals surface area contributed by atoms with Crippen LogP contribution in [0.2, 0.25) is 0 Å². The highest BCUT2D eigenvalue weighted by atomic mass is 35.5. The number of rotatable bonds is 4. The number of fused-ring (bicyclic) bond motifs is 1. The van der Waals surface area contributed by atoms with E-state index in [0.29, 0.717) is 19.0 Å². The van der Waals surface area contributed by atoms with Gasteiger partial charge in [-0.2, -0.15) is 4.31 Å². The second-order valence-corrected chi connectivity index (χ2v) is 10.8. The zero-order valence-electron chi connectivity index (χ0n) is 14.2. The Bertz CT molecular complexity index is 842. The quantitative estimate of drug-likeness (QED) is 0.789. The van der Waals surface area contributed by atoms with E-state index in [9.17, 15) is 16.8 Å². The van der Waals surface area contributed by atoms with Crippen LogP contribution in [0, 0.1) is 11.8 Å². The molecular formula is C15H24ClN3O4S2. The third kappa shape index (κ3) is 3.58. The highest BCUT2D eigenvalue weighted by molar-refractivity contribution is 7.90. The lowest BCUT2D eigenvalue weighted by molar-refractivity contribution is 0.427. The van der Waals surface area contributed by atoms with Crippen molar-refractivity contribution >= 4 is 32.5 Å². The fourth-order valence-corrected chi connectivity index (χ4v) is 6.22. The van der Waals surface area contributed by atoms with E-state index in [-0.39, 0.29) is 34.2 Å². The Morgan fingerprint density at radius 2 is 1.72 bits per heavy atom. The van der Waals surface area contributed by atoms with Gasteiger partial charge in [-0.3, -0.25) is 0 Å². The number of halogens is 1. The van der Waals surface area contributed by atoms with E-state index >= 15 is 0 Å². The Morgan fingerprint density at radius 3 is 2.32 bits per heavy atom. The number of benzene rings is 1. The summed E-state index contributed by atoms with van der Waals surface area (Å²) in [6.45, 7) is 0.879. The van der Waals surface area contributed by atoms with Gasteiger partial charge in [0, 0.05) is 33.2 Å². The zero-order valence-corrected chi connectivity index (χ0v) is 16.6. The summed E-state index contributed by atoms with van der Waals surface area (Å²) >= 11 is 0. The number of nitrogens with two attached hydrogens (primary N) is 1. The molecular weight excluding hydrogens is 386 g/mol. The van der Waals surface area contributed by atoms with Crippen molar-refractivity contribution in [1.29, 1.82) is 0 Å². The molecule has 25 heavy (non-hydrogen) atoms. The van der Waals surface area contributed by atoms with Crippen molar-refractivity contribution in [2.24, 2.45) is 17.6 Å². The highest BCUT2D eigenvalue weighted by Gasteiger charge is 2.45. The third-order valence-electron chi connectivity index (χ3n) is 5.10. The lowest BCUT2D eigenvalue weighted by Crippen LogP contribution is -2.33. The predicted molar refractivity (Wildman–Crippen MR) is 97.5 cm³/mol. The highest BCUT2D eigenvalue weighted by Crippen LogP contribution is 2.39. The van der Waals surface area contributed by atoms with Crippen molar-refractivity contribution in [3.63, 3.8) is 0 Å². The van der Waals surface area contributed by atoms with Gasteiger partial charge in [0.2, 0.25) is 20.0 Å². The summed E-state index contributed by atoms with van der Waals surface area (Å²) in [5.41, 5.74) is 6.07. The molecule has 3 unspecified atom stereocenters. The van der Waals surface area contributed by atoms with Gasteiger partial charge in [0.15, 0.2) is 0 Å². The lowest BCUT2D eigenvalue weighted by Gasteiger charge is -2.19. The number of nitrogens with zero attached hydrogens (tertiary/aromatic N) is 2. The van der Waals surface area contributed by atoms with Gasteiger partial charge in [-0.05, 0) is 42.9 Å². The molecule has 0 spiro atoms. The fraction of sp³-hybridized carbons (Fsp3) is 0.600. The molecule has 7 nitrogen and oxygen atoms in total. The number of sulfonamides is 2. The van der Waals surface area contributed by atoms with Crippen LogP contribution >= 0.6 is 12.4 Å². The van der Waals surface area contributed by atoms with Gasteiger partial charge in [-0.25, -0.2) is 21.1 Å². The molecule has 3 rings (SSSR count). The maximum Gasteiger partial charge on any atom is 0.243 e. The maximum atomic E-state index is 12.9. The van der Waals surface area contributed by atoms with Crippen LogP contribution in [0.3, 0.4) is 0 Å². The fourth-order valence-electron chi connectivity index (χ4n) is 3.62. The van der Waals surface area contributed by atoms with Crippen molar-refractivity contribution < 1.29 is 16.8 Å². The van der Waals surface area contributed by atoms with Crippen molar-refractivity contribution in [3.8, 4) is 0 Å². The summed E-state index contributed by atoms with van der Waals surface area (Å²) in [5.74, 6) is 0.511. The Balaban J connectivity index is 0.00000225. The summed E-state index contributed by atoms with van der Waals surface area (Å²) in [6, 6.07) is 5.60. The molecule has 3 atom stereocenters. The Kier molecular flexibility index (Phi) is 5.87. The largest absolute Gasteiger partial charge is 0.327 e. The van der Waals surface area contributed by atoms with E-state index in [1.54, 1.807) is 0 Å². The Hall–Kier alpha value is -0.710. The molecule has 1 heterocycles. The summed E-state index contributed by atoms with van der Waals surface area (Å²) in [4.78, 5) is -0.0105. The van der Waals surface area contributed by atoms with Gasteiger partial charge in [0.1, 0.15) is 0 Å². The van der Waals surface area contributed by atoms with Crippen molar-refractivity contribution in [2.75, 3.05) is 27.2 Å². The number of hydrogen-bond acceptors (Lipinski definition) is 5. The molecule has 2 N–H and O–H groups in total. The van der Waals surface area contributed by atoms with E-state index in [1.807, 2.05) is 0 Å². The van der Waals surface area contributed by atoms with E-state index in [0.717, 1.165) is 17.1 Å². The first-order chi connectivity index (χ1) is 11.1. The van der Waals surface area contributed by atoms with Gasteiger partial charge in [0.05, 0.1) is 9.79 Å². The molecule has 2 fully saturated rings. The average molecular weight is 410 g/mol. The first kappa shape index (κ1) is 20.6. The first-order valence-electron chi connectivity index (χ1n) is 7.92. The standard InChI is InChI=1S/C15H23N3O4S2.ClH/c1-17(2)23(19,20)12-4-3-5-13(8-12)24(21,22)18-9-11-6-7-15(16)14(11)10-18;/h3-5,8,11,14-15H,6-7,9-10,16H2,1-2H3;1H. The van der Waals surface area contributed by atoms with Gasteiger partial charge >= 0.3 is 0 Å². The van der Waals surface area contributed by atoms with Crippen LogP contribution in [0.15, 0.2) is 34.1 Å². The van der Waals surface area contributed by atoms with Crippen LogP contribution in [-0.2, 0) is 20.0 Å². The van der Waals surface area contributed by atoms with Crippen LogP contribution < -0.4 is 5.73 Å². The van der Waals surface area contributed by atoms with Gasteiger partial charge in [-0.15, -0.1) is 12.4 Å². The normalized spacial score (nSPS) is 27.3. The molecule has 142 valence electrons. The summed E-state index contributed by atoms with van der Waals surface area (Å²) in [6.07, 6.45) is 1.90. The minimum atomic E-state index is -3.72. The van der Waals surface area contributed by atoms with Gasteiger partial charge in [-0.1, -0.05) is 6.07 Å². The zero-order chi connectivity index (χ0) is 17.7. The molecule has 10 heteroatoms. The molecule has 0 radical (unpaired) electrons. The monoisotopic (exact) mass is 409 g/mol. The van der Waals surface area contributed by atoms with Gasteiger partial charge in [0.25, 0.3) is 0 Å². The number of hydrogen-bond donors (Lipinski definition) is 1. The van der Waals surface area contributed by atoms with Crippen LogP contribution in [0.25, 0.3) is 0 Å². The molecule has 1 aromatic carbocycles. The first-order valence-corrected chi connectivity index (χ1v) is 10.8. The van der Waals surface area contributed by atoms with Crippen LogP contribution in [0.4, 0.5) is 0 Å². The minimum absolute atomic E-state index is 0. The van der Waals surface area contributed by atoms with E-state index in [2.05, 4.69) is 0 Å². The Morgan fingerprint density at radius 1 is 1.08 bits per heavy atom. The smallest absolute Gasteiger partial charge is 0.243 e. The molecule has 0 aromatic heterocycles.